The smallest absolute Gasteiger partial charge is 0.408 e. The third-order valence-corrected chi connectivity index (χ3v) is 8.97. The van der Waals surface area contributed by atoms with E-state index in [1.165, 1.54) is 30.9 Å². The fraction of sp³-hybridized carbons (Fsp3) is 0.500. The van der Waals surface area contributed by atoms with E-state index in [2.05, 4.69) is 40.6 Å². The lowest BCUT2D eigenvalue weighted by Gasteiger charge is -2.33. The van der Waals surface area contributed by atoms with Crippen molar-refractivity contribution in [1.29, 1.82) is 0 Å². The summed E-state index contributed by atoms with van der Waals surface area (Å²) in [5.41, 5.74) is 0.377. The van der Waals surface area contributed by atoms with Crippen molar-refractivity contribution in [3.63, 3.8) is 0 Å². The van der Waals surface area contributed by atoms with Gasteiger partial charge < -0.3 is 15.4 Å². The van der Waals surface area contributed by atoms with Crippen LogP contribution < -0.4 is 15.4 Å². The normalized spacial score (nSPS) is 22.3. The van der Waals surface area contributed by atoms with Gasteiger partial charge in [0.15, 0.2) is 11.3 Å². The van der Waals surface area contributed by atoms with Gasteiger partial charge in [0.2, 0.25) is 17.7 Å². The van der Waals surface area contributed by atoms with Crippen molar-refractivity contribution >= 4 is 17.5 Å². The topological polar surface area (TPSA) is 149 Å². The van der Waals surface area contributed by atoms with Crippen LogP contribution in [-0.2, 0) is 17.6 Å². The van der Waals surface area contributed by atoms with E-state index < -0.39 is 47.8 Å². The van der Waals surface area contributed by atoms with E-state index in [-0.39, 0.29) is 55.8 Å². The number of pyridine rings is 1. The Morgan fingerprint density at radius 2 is 1.91 bits per heavy atom. The van der Waals surface area contributed by atoms with E-state index in [4.69, 9.17) is 4.74 Å². The molecular formula is C30H31F5N8O4. The lowest BCUT2D eigenvalue weighted by atomic mass is 9.74. The maximum Gasteiger partial charge on any atom is 0.408 e. The van der Waals surface area contributed by atoms with Crippen molar-refractivity contribution in [2.24, 2.45) is 11.3 Å². The highest BCUT2D eigenvalue weighted by atomic mass is 19.4. The molecular weight excluding hydrogens is 631 g/mol. The van der Waals surface area contributed by atoms with Gasteiger partial charge in [-0.3, -0.25) is 9.59 Å². The number of aromatic nitrogens is 6. The zero-order valence-electron chi connectivity index (χ0n) is 25.4. The predicted octanol–water partition coefficient (Wildman–Crippen LogP) is 4.34. The number of hydrogen-bond donors (Lipinski definition) is 2. The standard InChI is InChI=1S/C30H31F5N8O4/c1-16-24(42-47-41-16)26(44)40-25(19-5-7-29(31,32)8-6-19)20-15-43-22(38-20)9-18(14-37-43)11-28(10-17-3-4-23(46-2)36-13-17)12-21(30(33,34)35)39-27(28)45/h3-4,9,13-15,19,21,25H,5-8,10-12H2,1-2H3,(H,39,45)(H,40,44)/t21-,25-,28-/m0/s1. The van der Waals surface area contributed by atoms with Crippen molar-refractivity contribution in [2.45, 2.75) is 76.1 Å². The number of hydrogen-bond acceptors (Lipinski definition) is 9. The van der Waals surface area contributed by atoms with Gasteiger partial charge in [0, 0.05) is 25.1 Å². The number of amides is 2. The zero-order valence-corrected chi connectivity index (χ0v) is 25.4. The minimum Gasteiger partial charge on any atom is -0.481 e. The fourth-order valence-corrected chi connectivity index (χ4v) is 6.49. The number of rotatable bonds is 9. The van der Waals surface area contributed by atoms with Crippen LogP contribution in [0.1, 0.15) is 71.1 Å². The van der Waals surface area contributed by atoms with Gasteiger partial charge in [-0.05, 0) is 67.3 Å². The van der Waals surface area contributed by atoms with Crippen LogP contribution in [0.5, 0.6) is 5.88 Å². The molecule has 2 amide bonds. The Bertz CT molecular complexity index is 1770. The zero-order chi connectivity index (χ0) is 33.6. The van der Waals surface area contributed by atoms with Crippen LogP contribution in [0.25, 0.3) is 5.65 Å². The second kappa shape index (κ2) is 12.2. The fourth-order valence-electron chi connectivity index (χ4n) is 6.49. The van der Waals surface area contributed by atoms with E-state index in [0.29, 0.717) is 28.3 Å². The van der Waals surface area contributed by atoms with Crippen LogP contribution in [0.3, 0.4) is 0 Å². The van der Waals surface area contributed by atoms with Gasteiger partial charge in [0.25, 0.3) is 5.91 Å². The number of carbonyl (C=O) groups excluding carboxylic acids is 2. The third-order valence-electron chi connectivity index (χ3n) is 8.97. The van der Waals surface area contributed by atoms with Crippen LogP contribution in [0.4, 0.5) is 22.0 Å². The van der Waals surface area contributed by atoms with Crippen LogP contribution in [0.2, 0.25) is 0 Å². The molecule has 1 aliphatic heterocycles. The number of nitrogens with zero attached hydrogens (tertiary/aromatic N) is 6. The summed E-state index contributed by atoms with van der Waals surface area (Å²) >= 11 is 0. The molecule has 1 aliphatic carbocycles. The first-order valence-corrected chi connectivity index (χ1v) is 14.9. The van der Waals surface area contributed by atoms with E-state index >= 15 is 0 Å². The number of halogens is 5. The highest BCUT2D eigenvalue weighted by molar-refractivity contribution is 5.93. The van der Waals surface area contributed by atoms with Gasteiger partial charge >= 0.3 is 6.18 Å². The summed E-state index contributed by atoms with van der Waals surface area (Å²) in [4.78, 5) is 35.2. The minimum atomic E-state index is -4.64. The molecule has 0 bridgehead atoms. The molecule has 2 fully saturated rings. The SMILES string of the molecule is COc1ccc(C[C@]2(Cc3cnn4cc([C@@H](NC(=O)c5nonc5C)C5CCC(F)(F)CC5)nc4c3)C[C@@H](C(F)(F)F)NC2=O)cn1. The van der Waals surface area contributed by atoms with Gasteiger partial charge in [0.05, 0.1) is 36.7 Å². The van der Waals surface area contributed by atoms with Crippen molar-refractivity contribution in [2.75, 3.05) is 7.11 Å². The first-order valence-electron chi connectivity index (χ1n) is 14.9. The number of imidazole rings is 1. The van der Waals surface area contributed by atoms with E-state index in [0.717, 1.165) is 0 Å². The van der Waals surface area contributed by atoms with Crippen LogP contribution >= 0.6 is 0 Å². The molecule has 0 unspecified atom stereocenters. The molecule has 1 saturated carbocycles. The molecule has 12 nitrogen and oxygen atoms in total. The molecule has 4 aromatic rings. The summed E-state index contributed by atoms with van der Waals surface area (Å²) in [6.07, 6.45) is -1.23. The molecule has 17 heteroatoms. The molecule has 0 radical (unpaired) electrons. The Balaban J connectivity index is 1.31. The molecule has 5 heterocycles. The number of carbonyl (C=O) groups is 2. The first kappa shape index (κ1) is 32.2. The van der Waals surface area contributed by atoms with E-state index in [1.54, 1.807) is 24.4 Å². The van der Waals surface area contributed by atoms with Crippen LogP contribution in [-0.4, -0.2) is 67.0 Å². The van der Waals surface area contributed by atoms with Gasteiger partial charge in [-0.25, -0.2) is 27.9 Å². The number of fused-ring (bicyclic) bond motifs is 1. The molecule has 0 aromatic carbocycles. The molecule has 0 spiro atoms. The summed E-state index contributed by atoms with van der Waals surface area (Å²) < 4.78 is 80.6. The van der Waals surface area contributed by atoms with Crippen LogP contribution in [0, 0.1) is 18.3 Å². The Morgan fingerprint density at radius 1 is 1.17 bits per heavy atom. The van der Waals surface area contributed by atoms with Crippen molar-refractivity contribution in [3.05, 3.63) is 65.0 Å². The molecule has 4 aromatic heterocycles. The average molecular weight is 663 g/mol. The lowest BCUT2D eigenvalue weighted by molar-refractivity contribution is -0.155. The average Bonchev–Trinajstić information content (AvgIpc) is 3.73. The Hall–Kier alpha value is -4.70. The van der Waals surface area contributed by atoms with Gasteiger partial charge in [-0.1, -0.05) is 11.2 Å². The molecule has 2 aliphatic rings. The number of alkyl halides is 5. The predicted molar refractivity (Wildman–Crippen MR) is 152 cm³/mol. The van der Waals surface area contributed by atoms with E-state index in [9.17, 15) is 31.5 Å². The second-order valence-electron chi connectivity index (χ2n) is 12.3. The Morgan fingerprint density at radius 3 is 2.53 bits per heavy atom. The third kappa shape index (κ3) is 6.74. The molecule has 47 heavy (non-hydrogen) atoms. The summed E-state index contributed by atoms with van der Waals surface area (Å²) in [7, 11) is 1.44. The lowest BCUT2D eigenvalue weighted by Crippen LogP contribution is -2.39. The minimum absolute atomic E-state index is 0.0238. The second-order valence-corrected chi connectivity index (χ2v) is 12.3. The number of aryl methyl sites for hydroxylation is 1. The van der Waals surface area contributed by atoms with Crippen molar-refractivity contribution in [3.8, 4) is 5.88 Å². The number of methoxy groups -OCH3 is 1. The van der Waals surface area contributed by atoms with Crippen molar-refractivity contribution < 1.29 is 40.9 Å². The molecule has 1 saturated heterocycles. The summed E-state index contributed by atoms with van der Waals surface area (Å²) in [6, 6.07) is 2.02. The number of ether oxygens (including phenoxy) is 1. The largest absolute Gasteiger partial charge is 0.481 e. The van der Waals surface area contributed by atoms with Gasteiger partial charge in [-0.2, -0.15) is 18.3 Å². The maximum atomic E-state index is 14.0. The van der Waals surface area contributed by atoms with Crippen molar-refractivity contribution in [1.82, 2.24) is 40.5 Å². The molecule has 250 valence electrons. The first-order chi connectivity index (χ1) is 22.2. The van der Waals surface area contributed by atoms with Gasteiger partial charge in [-0.15, -0.1) is 0 Å². The Labute approximate surface area is 264 Å². The summed E-state index contributed by atoms with van der Waals surface area (Å²) in [5.74, 6) is -4.22. The highest BCUT2D eigenvalue weighted by Crippen LogP contribution is 2.43. The highest BCUT2D eigenvalue weighted by Gasteiger charge is 2.55. The van der Waals surface area contributed by atoms with Crippen LogP contribution in [0.15, 0.2) is 41.4 Å². The number of nitrogens with one attached hydrogen (secondary N) is 2. The molecule has 2 N–H and O–H groups in total. The summed E-state index contributed by atoms with van der Waals surface area (Å²) in [6.45, 7) is 1.54. The summed E-state index contributed by atoms with van der Waals surface area (Å²) in [5, 5.41) is 16.6. The molecule has 6 rings (SSSR count). The quantitative estimate of drug-likeness (QED) is 0.250. The molecule has 3 atom stereocenters. The van der Waals surface area contributed by atoms with E-state index in [1.807, 2.05) is 0 Å². The monoisotopic (exact) mass is 662 g/mol. The van der Waals surface area contributed by atoms with Gasteiger partial charge in [0.1, 0.15) is 11.7 Å². The Kier molecular flexibility index (Phi) is 8.34. The maximum absolute atomic E-state index is 14.0.